The molecule has 28 heavy (non-hydrogen) atoms. The van der Waals surface area contributed by atoms with Gasteiger partial charge >= 0.3 is 5.97 Å². The van der Waals surface area contributed by atoms with Crippen LogP contribution in [0.25, 0.3) is 0 Å². The zero-order chi connectivity index (χ0) is 20.9. The first-order valence-corrected chi connectivity index (χ1v) is 10.4. The van der Waals surface area contributed by atoms with E-state index in [-0.39, 0.29) is 10.7 Å². The molecular weight excluding hydrogens is 402 g/mol. The lowest BCUT2D eigenvalue weighted by Gasteiger charge is -2.16. The average molecular weight is 424 g/mol. The van der Waals surface area contributed by atoms with Gasteiger partial charge in [0.2, 0.25) is 10.0 Å². The van der Waals surface area contributed by atoms with E-state index in [1.807, 2.05) is 26.0 Å². The third-order valence-corrected chi connectivity index (χ3v) is 6.21. The average Bonchev–Trinajstić information content (AvgIpc) is 2.66. The predicted molar refractivity (Wildman–Crippen MR) is 107 cm³/mol. The minimum Gasteiger partial charge on any atom is -0.456 e. The van der Waals surface area contributed by atoms with Gasteiger partial charge in [0, 0.05) is 17.6 Å². The normalized spacial score (nSPS) is 11.6. The van der Waals surface area contributed by atoms with Crippen molar-refractivity contribution in [2.45, 2.75) is 24.7 Å². The van der Waals surface area contributed by atoms with E-state index in [2.05, 4.69) is 0 Å². The van der Waals surface area contributed by atoms with Crippen molar-refractivity contribution in [3.63, 3.8) is 0 Å². The van der Waals surface area contributed by atoms with Gasteiger partial charge in [-0.2, -0.15) is 4.31 Å². The Morgan fingerprint density at radius 3 is 2.14 bits per heavy atom. The van der Waals surface area contributed by atoms with Crippen LogP contribution in [-0.4, -0.2) is 44.7 Å². The number of rotatable bonds is 8. The van der Waals surface area contributed by atoms with Gasteiger partial charge in [-0.1, -0.05) is 49.7 Å². The fraction of sp³-hybridized carbons (Fsp3) is 0.300. The van der Waals surface area contributed by atoms with Gasteiger partial charge in [-0.25, -0.2) is 8.42 Å². The molecule has 0 spiro atoms. The van der Waals surface area contributed by atoms with E-state index < -0.39 is 29.1 Å². The number of ketones is 1. The van der Waals surface area contributed by atoms with Crippen molar-refractivity contribution in [2.24, 2.45) is 0 Å². The number of esters is 1. The Hall–Kier alpha value is -2.22. The number of hydrogen-bond acceptors (Lipinski definition) is 5. The number of carbonyl (C=O) groups excluding carboxylic acids is 2. The van der Waals surface area contributed by atoms with Gasteiger partial charge < -0.3 is 4.74 Å². The van der Waals surface area contributed by atoms with E-state index in [9.17, 15) is 18.0 Å². The van der Waals surface area contributed by atoms with Crippen LogP contribution in [0.2, 0.25) is 5.02 Å². The molecule has 0 unspecified atom stereocenters. The fourth-order valence-corrected chi connectivity index (χ4v) is 3.62. The maximum atomic E-state index is 12.4. The van der Waals surface area contributed by atoms with Crippen molar-refractivity contribution in [3.05, 3.63) is 64.7 Å². The minimum atomic E-state index is -3.87. The van der Waals surface area contributed by atoms with Crippen LogP contribution in [0, 0.1) is 0 Å². The minimum absolute atomic E-state index is 0.00789. The smallest absolute Gasteiger partial charge is 0.321 e. The second-order valence-corrected chi connectivity index (χ2v) is 9.06. The summed E-state index contributed by atoms with van der Waals surface area (Å²) in [5, 5.41) is 0.404. The number of carbonyl (C=O) groups is 2. The summed E-state index contributed by atoms with van der Waals surface area (Å²) in [5.74, 6) is -0.820. The summed E-state index contributed by atoms with van der Waals surface area (Å²) in [6, 6.07) is 12.7. The first kappa shape index (κ1) is 22.1. The zero-order valence-corrected chi connectivity index (χ0v) is 17.5. The van der Waals surface area contributed by atoms with E-state index in [4.69, 9.17) is 16.3 Å². The molecule has 2 aromatic carbocycles. The molecular formula is C20H22ClNO5S. The Kier molecular flexibility index (Phi) is 7.35. The van der Waals surface area contributed by atoms with Crippen molar-refractivity contribution < 1.29 is 22.7 Å². The largest absolute Gasteiger partial charge is 0.456 e. The lowest BCUT2D eigenvalue weighted by atomic mass is 10.0. The summed E-state index contributed by atoms with van der Waals surface area (Å²) < 4.78 is 30.7. The number of hydrogen-bond donors (Lipinski definition) is 0. The molecule has 150 valence electrons. The summed E-state index contributed by atoms with van der Waals surface area (Å²) >= 11 is 5.76. The SMILES string of the molecule is CC(C)c1ccc(C(=O)COC(=O)CN(C)S(=O)(=O)c2ccc(Cl)cc2)cc1. The zero-order valence-electron chi connectivity index (χ0n) is 15.9. The lowest BCUT2D eigenvalue weighted by Crippen LogP contribution is -2.33. The molecule has 0 aromatic heterocycles. The summed E-state index contributed by atoms with van der Waals surface area (Å²) in [4.78, 5) is 24.1. The van der Waals surface area contributed by atoms with Gasteiger partial charge in [-0.3, -0.25) is 9.59 Å². The Bertz CT molecular complexity index is 938. The molecule has 0 saturated heterocycles. The van der Waals surface area contributed by atoms with Gasteiger partial charge in [0.1, 0.15) is 6.54 Å². The van der Waals surface area contributed by atoms with E-state index in [1.165, 1.54) is 31.3 Å². The molecule has 0 radical (unpaired) electrons. The lowest BCUT2D eigenvalue weighted by molar-refractivity contribution is -0.142. The van der Waals surface area contributed by atoms with E-state index in [1.54, 1.807) is 12.1 Å². The maximum absolute atomic E-state index is 12.4. The van der Waals surface area contributed by atoms with E-state index in [0.717, 1.165) is 9.87 Å². The van der Waals surface area contributed by atoms with Gasteiger partial charge in [0.05, 0.1) is 4.90 Å². The Morgan fingerprint density at radius 2 is 1.61 bits per heavy atom. The molecule has 2 aromatic rings. The third kappa shape index (κ3) is 5.64. The topological polar surface area (TPSA) is 80.8 Å². The summed E-state index contributed by atoms with van der Waals surface area (Å²) in [6.45, 7) is 3.14. The molecule has 2 rings (SSSR count). The van der Waals surface area contributed by atoms with Crippen LogP contribution in [0.5, 0.6) is 0 Å². The van der Waals surface area contributed by atoms with Crippen molar-refractivity contribution >= 4 is 33.4 Å². The van der Waals surface area contributed by atoms with Crippen LogP contribution in [0.15, 0.2) is 53.4 Å². The molecule has 6 nitrogen and oxygen atoms in total. The highest BCUT2D eigenvalue weighted by atomic mass is 35.5. The monoisotopic (exact) mass is 423 g/mol. The maximum Gasteiger partial charge on any atom is 0.321 e. The first-order chi connectivity index (χ1) is 13.1. The molecule has 0 amide bonds. The number of Topliss-reactive ketones (excluding diaryl/α,β-unsaturated/α-hetero) is 1. The van der Waals surface area contributed by atoms with E-state index >= 15 is 0 Å². The highest BCUT2D eigenvalue weighted by Crippen LogP contribution is 2.18. The molecule has 0 fully saturated rings. The highest BCUT2D eigenvalue weighted by Gasteiger charge is 2.24. The molecule has 0 atom stereocenters. The molecule has 0 heterocycles. The summed E-state index contributed by atoms with van der Waals surface area (Å²) in [5.41, 5.74) is 1.53. The standard InChI is InChI=1S/C20H22ClNO5S/c1-14(2)15-4-6-16(7-5-15)19(23)13-27-20(24)12-22(3)28(25,26)18-10-8-17(21)9-11-18/h4-11,14H,12-13H2,1-3H3. The molecule has 0 aliphatic rings. The Labute approximate surface area is 170 Å². The molecule has 0 saturated carbocycles. The number of benzene rings is 2. The second-order valence-electron chi connectivity index (χ2n) is 6.58. The van der Waals surface area contributed by atoms with Crippen LogP contribution in [-0.2, 0) is 19.6 Å². The number of sulfonamides is 1. The van der Waals surface area contributed by atoms with Crippen LogP contribution >= 0.6 is 11.6 Å². The highest BCUT2D eigenvalue weighted by molar-refractivity contribution is 7.89. The van der Waals surface area contributed by atoms with Gasteiger partial charge in [-0.15, -0.1) is 0 Å². The second kappa shape index (κ2) is 9.32. The van der Waals surface area contributed by atoms with Gasteiger partial charge in [-0.05, 0) is 35.7 Å². The van der Waals surface area contributed by atoms with Crippen LogP contribution in [0.1, 0.15) is 35.7 Å². The fourth-order valence-electron chi connectivity index (χ4n) is 2.38. The van der Waals surface area contributed by atoms with Crippen molar-refractivity contribution in [2.75, 3.05) is 20.2 Å². The van der Waals surface area contributed by atoms with Crippen LogP contribution in [0.3, 0.4) is 0 Å². The molecule has 0 aliphatic heterocycles. The quantitative estimate of drug-likeness (QED) is 0.479. The molecule has 8 heteroatoms. The van der Waals surface area contributed by atoms with Gasteiger partial charge in [0.15, 0.2) is 12.4 Å². The van der Waals surface area contributed by atoms with Crippen LogP contribution < -0.4 is 0 Å². The van der Waals surface area contributed by atoms with Crippen molar-refractivity contribution in [3.8, 4) is 0 Å². The van der Waals surface area contributed by atoms with Crippen molar-refractivity contribution in [1.82, 2.24) is 4.31 Å². The first-order valence-electron chi connectivity index (χ1n) is 8.62. The number of halogens is 1. The Balaban J connectivity index is 1.92. The number of nitrogens with zero attached hydrogens (tertiary/aromatic N) is 1. The van der Waals surface area contributed by atoms with E-state index in [0.29, 0.717) is 16.5 Å². The predicted octanol–water partition coefficient (Wildman–Crippen LogP) is 3.51. The summed E-state index contributed by atoms with van der Waals surface area (Å²) in [6.07, 6.45) is 0. The number of likely N-dealkylation sites (N-methyl/N-ethyl adjacent to an activating group) is 1. The van der Waals surface area contributed by atoms with Crippen LogP contribution in [0.4, 0.5) is 0 Å². The molecule has 0 aliphatic carbocycles. The van der Waals surface area contributed by atoms with Crippen molar-refractivity contribution in [1.29, 1.82) is 0 Å². The molecule has 0 bridgehead atoms. The van der Waals surface area contributed by atoms with Gasteiger partial charge in [0.25, 0.3) is 0 Å². The third-order valence-electron chi connectivity index (χ3n) is 4.14. The number of ether oxygens (including phenoxy) is 1. The molecule has 0 N–H and O–H groups in total. The summed E-state index contributed by atoms with van der Waals surface area (Å²) in [7, 11) is -2.60. The Morgan fingerprint density at radius 1 is 1.04 bits per heavy atom.